The highest BCUT2D eigenvalue weighted by Gasteiger charge is 2.47. The summed E-state index contributed by atoms with van der Waals surface area (Å²) in [5.74, 6) is -2.48. The van der Waals surface area contributed by atoms with Gasteiger partial charge in [0.05, 0.1) is 11.8 Å². The van der Waals surface area contributed by atoms with Gasteiger partial charge in [0.15, 0.2) is 6.61 Å². The van der Waals surface area contributed by atoms with Crippen LogP contribution < -0.4 is 0 Å². The van der Waals surface area contributed by atoms with Crippen molar-refractivity contribution in [1.82, 2.24) is 4.90 Å². The van der Waals surface area contributed by atoms with Crippen molar-refractivity contribution in [2.45, 2.75) is 26.7 Å². The standard InChI is InChI=1S/C20H21NO5/c1-12-7-8-13(2)16(9-12)17(22)11-26-18(23)10-21-19(24)14-5-3-4-6-15(14)20(21)25/h3-4,7-9,14-15H,5-6,10-11H2,1-2H3/t14-,15-/m0/s1. The summed E-state index contributed by atoms with van der Waals surface area (Å²) in [6, 6.07) is 5.48. The Morgan fingerprint density at radius 3 is 2.31 bits per heavy atom. The SMILES string of the molecule is Cc1ccc(C)c(C(=O)COC(=O)CN2C(=O)[C@H]3CC=CC[C@@H]3C2=O)c1. The van der Waals surface area contributed by atoms with Crippen molar-refractivity contribution in [2.24, 2.45) is 11.8 Å². The van der Waals surface area contributed by atoms with E-state index in [2.05, 4.69) is 0 Å². The van der Waals surface area contributed by atoms with Crippen molar-refractivity contribution in [2.75, 3.05) is 13.2 Å². The van der Waals surface area contributed by atoms with Crippen LogP contribution in [-0.2, 0) is 19.1 Å². The number of hydrogen-bond donors (Lipinski definition) is 0. The zero-order valence-electron chi connectivity index (χ0n) is 14.9. The molecule has 6 nitrogen and oxygen atoms in total. The maximum atomic E-state index is 12.3. The topological polar surface area (TPSA) is 80.8 Å². The molecule has 1 aromatic carbocycles. The molecule has 2 aliphatic rings. The molecule has 136 valence electrons. The number of likely N-dealkylation sites (tertiary alicyclic amines) is 1. The fraction of sp³-hybridized carbons (Fsp3) is 0.400. The predicted molar refractivity (Wildman–Crippen MR) is 93.3 cm³/mol. The summed E-state index contributed by atoms with van der Waals surface area (Å²) in [6.07, 6.45) is 4.81. The van der Waals surface area contributed by atoms with Crippen LogP contribution in [0.1, 0.15) is 34.3 Å². The predicted octanol–water partition coefficient (Wildman–Crippen LogP) is 1.98. The molecule has 1 fully saturated rings. The molecule has 0 spiro atoms. The second kappa shape index (κ2) is 7.23. The highest BCUT2D eigenvalue weighted by Crippen LogP contribution is 2.34. The van der Waals surface area contributed by atoms with E-state index in [0.717, 1.165) is 16.0 Å². The van der Waals surface area contributed by atoms with Gasteiger partial charge >= 0.3 is 5.97 Å². The van der Waals surface area contributed by atoms with Crippen LogP contribution in [0.15, 0.2) is 30.4 Å². The Kier molecular flexibility index (Phi) is 5.02. The molecule has 2 amide bonds. The summed E-state index contributed by atoms with van der Waals surface area (Å²) in [4.78, 5) is 49.9. The molecule has 1 heterocycles. The average molecular weight is 355 g/mol. The van der Waals surface area contributed by atoms with Gasteiger partial charge in [0.1, 0.15) is 6.54 Å². The van der Waals surface area contributed by atoms with Crippen LogP contribution in [0.5, 0.6) is 0 Å². The van der Waals surface area contributed by atoms with E-state index < -0.39 is 19.1 Å². The van der Waals surface area contributed by atoms with Gasteiger partial charge in [0, 0.05) is 5.56 Å². The quantitative estimate of drug-likeness (QED) is 0.349. The number of ether oxygens (including phenoxy) is 1. The number of rotatable bonds is 5. The van der Waals surface area contributed by atoms with Crippen molar-refractivity contribution >= 4 is 23.6 Å². The van der Waals surface area contributed by atoms with Gasteiger partial charge in [-0.15, -0.1) is 0 Å². The molecule has 1 aromatic rings. The normalized spacial score (nSPS) is 21.7. The molecule has 0 saturated carbocycles. The number of imide groups is 1. The Labute approximate surface area is 151 Å². The minimum absolute atomic E-state index is 0.309. The van der Waals surface area contributed by atoms with E-state index in [4.69, 9.17) is 4.74 Å². The molecule has 0 radical (unpaired) electrons. The second-order valence-corrected chi connectivity index (χ2v) is 6.82. The third-order valence-corrected chi connectivity index (χ3v) is 4.94. The van der Waals surface area contributed by atoms with Gasteiger partial charge in [-0.3, -0.25) is 24.1 Å². The van der Waals surface area contributed by atoms with Gasteiger partial charge in [0.25, 0.3) is 0 Å². The molecule has 0 unspecified atom stereocenters. The summed E-state index contributed by atoms with van der Waals surface area (Å²) < 4.78 is 5.01. The minimum Gasteiger partial charge on any atom is -0.456 e. The van der Waals surface area contributed by atoms with Gasteiger partial charge < -0.3 is 4.74 Å². The van der Waals surface area contributed by atoms with E-state index in [1.165, 1.54) is 0 Å². The highest BCUT2D eigenvalue weighted by atomic mass is 16.5. The fourth-order valence-electron chi connectivity index (χ4n) is 3.46. The maximum Gasteiger partial charge on any atom is 0.326 e. The Bertz CT molecular complexity index is 784. The van der Waals surface area contributed by atoms with E-state index in [9.17, 15) is 19.2 Å². The average Bonchev–Trinajstić information content (AvgIpc) is 2.87. The lowest BCUT2D eigenvalue weighted by molar-refractivity contribution is -0.152. The second-order valence-electron chi connectivity index (χ2n) is 6.82. The highest BCUT2D eigenvalue weighted by molar-refractivity contribution is 6.07. The van der Waals surface area contributed by atoms with Crippen LogP contribution in [0.3, 0.4) is 0 Å². The van der Waals surface area contributed by atoms with E-state index in [0.29, 0.717) is 18.4 Å². The monoisotopic (exact) mass is 355 g/mol. The molecule has 3 rings (SSSR count). The molecule has 6 heteroatoms. The van der Waals surface area contributed by atoms with Gasteiger partial charge in [-0.2, -0.15) is 0 Å². The first-order valence-electron chi connectivity index (χ1n) is 8.64. The van der Waals surface area contributed by atoms with E-state index in [1.54, 1.807) is 6.07 Å². The van der Waals surface area contributed by atoms with Crippen molar-refractivity contribution in [3.05, 3.63) is 47.0 Å². The molecule has 0 N–H and O–H groups in total. The first-order chi connectivity index (χ1) is 12.4. The lowest BCUT2D eigenvalue weighted by atomic mass is 9.85. The number of carbonyl (C=O) groups excluding carboxylic acids is 4. The Morgan fingerprint density at radius 1 is 1.08 bits per heavy atom. The number of amides is 2. The fourth-order valence-corrected chi connectivity index (χ4v) is 3.46. The summed E-state index contributed by atoms with van der Waals surface area (Å²) >= 11 is 0. The van der Waals surface area contributed by atoms with Crippen LogP contribution in [-0.4, -0.2) is 41.6 Å². The zero-order chi connectivity index (χ0) is 18.8. The maximum absolute atomic E-state index is 12.3. The van der Waals surface area contributed by atoms with E-state index >= 15 is 0 Å². The third kappa shape index (κ3) is 3.45. The van der Waals surface area contributed by atoms with Crippen LogP contribution in [0.2, 0.25) is 0 Å². The molecule has 1 aliphatic carbocycles. The number of hydrogen-bond acceptors (Lipinski definition) is 5. The van der Waals surface area contributed by atoms with Gasteiger partial charge in [0.2, 0.25) is 17.6 Å². The molecule has 2 atom stereocenters. The van der Waals surface area contributed by atoms with Crippen LogP contribution in [0.4, 0.5) is 0 Å². The van der Waals surface area contributed by atoms with Crippen molar-refractivity contribution in [3.63, 3.8) is 0 Å². The Morgan fingerprint density at radius 2 is 1.69 bits per heavy atom. The lowest BCUT2D eigenvalue weighted by Crippen LogP contribution is -2.37. The summed E-state index contributed by atoms with van der Waals surface area (Å²) in [5, 5.41) is 0. The molecular weight excluding hydrogens is 334 g/mol. The Hall–Kier alpha value is -2.76. The number of benzene rings is 1. The molecule has 0 aromatic heterocycles. The zero-order valence-corrected chi connectivity index (χ0v) is 14.9. The number of aryl methyl sites for hydroxylation is 2. The first kappa shape index (κ1) is 18.0. The van der Waals surface area contributed by atoms with Gasteiger partial charge in [-0.1, -0.05) is 29.8 Å². The third-order valence-electron chi connectivity index (χ3n) is 4.94. The van der Waals surface area contributed by atoms with Crippen LogP contribution in [0.25, 0.3) is 0 Å². The van der Waals surface area contributed by atoms with Gasteiger partial charge in [-0.05, 0) is 38.3 Å². The van der Waals surface area contributed by atoms with Crippen molar-refractivity contribution in [3.8, 4) is 0 Å². The summed E-state index contributed by atoms with van der Waals surface area (Å²) in [5.41, 5.74) is 2.25. The summed E-state index contributed by atoms with van der Waals surface area (Å²) in [7, 11) is 0. The number of carbonyl (C=O) groups is 4. The molecule has 1 aliphatic heterocycles. The Balaban J connectivity index is 1.58. The molecule has 0 bridgehead atoms. The van der Waals surface area contributed by atoms with Gasteiger partial charge in [-0.25, -0.2) is 0 Å². The largest absolute Gasteiger partial charge is 0.456 e. The first-order valence-corrected chi connectivity index (χ1v) is 8.64. The molecule has 1 saturated heterocycles. The van der Waals surface area contributed by atoms with Crippen molar-refractivity contribution < 1.29 is 23.9 Å². The number of nitrogens with zero attached hydrogens (tertiary/aromatic N) is 1. The lowest BCUT2D eigenvalue weighted by Gasteiger charge is -2.14. The molecule has 26 heavy (non-hydrogen) atoms. The van der Waals surface area contributed by atoms with Crippen LogP contribution >= 0.6 is 0 Å². The number of fused-ring (bicyclic) bond motifs is 1. The smallest absolute Gasteiger partial charge is 0.326 e. The van der Waals surface area contributed by atoms with E-state index in [-0.39, 0.29) is 29.4 Å². The number of esters is 1. The van der Waals surface area contributed by atoms with Crippen LogP contribution in [0, 0.1) is 25.7 Å². The van der Waals surface area contributed by atoms with E-state index in [1.807, 2.05) is 38.1 Å². The minimum atomic E-state index is -0.753. The number of Topliss-reactive ketones (excluding diaryl/α,β-unsaturated/α-hetero) is 1. The number of ketones is 1. The molecular formula is C20H21NO5. The number of allylic oxidation sites excluding steroid dienone is 2. The van der Waals surface area contributed by atoms with Crippen molar-refractivity contribution in [1.29, 1.82) is 0 Å². The summed E-state index contributed by atoms with van der Waals surface area (Å²) in [6.45, 7) is 2.84.